The third-order valence-electron chi connectivity index (χ3n) is 6.26. The maximum absolute atomic E-state index is 13.7. The number of thioether (sulfide) groups is 1. The van der Waals surface area contributed by atoms with E-state index in [2.05, 4.69) is 5.32 Å². The first-order valence-electron chi connectivity index (χ1n) is 11.4. The Hall–Kier alpha value is -2.57. The highest BCUT2D eigenvalue weighted by atomic mass is 35.5. The number of rotatable bonds is 7. The van der Waals surface area contributed by atoms with Crippen molar-refractivity contribution in [2.24, 2.45) is 0 Å². The Bertz CT molecular complexity index is 1160. The van der Waals surface area contributed by atoms with Crippen molar-refractivity contribution in [1.29, 1.82) is 0 Å². The molecular formula is C27H27ClFNO3S. The van der Waals surface area contributed by atoms with Gasteiger partial charge in [-0.3, -0.25) is 4.79 Å². The van der Waals surface area contributed by atoms with E-state index in [0.717, 1.165) is 17.0 Å². The average molecular weight is 500 g/mol. The van der Waals surface area contributed by atoms with Crippen molar-refractivity contribution in [1.82, 2.24) is 5.32 Å². The molecule has 0 amide bonds. The smallest absolute Gasteiger partial charge is 0.336 e. The Morgan fingerprint density at radius 1 is 1.18 bits per heavy atom. The lowest BCUT2D eigenvalue weighted by molar-refractivity contribution is -0.138. The summed E-state index contributed by atoms with van der Waals surface area (Å²) in [4.78, 5) is 26.7. The van der Waals surface area contributed by atoms with E-state index in [4.69, 9.17) is 16.3 Å². The van der Waals surface area contributed by atoms with Gasteiger partial charge in [-0.1, -0.05) is 48.9 Å². The van der Waals surface area contributed by atoms with Crippen LogP contribution < -0.4 is 5.32 Å². The minimum absolute atomic E-state index is 0.0488. The summed E-state index contributed by atoms with van der Waals surface area (Å²) in [5, 5.41) is 3.96. The molecule has 2 aliphatic rings. The number of hydrogen-bond donors (Lipinski definition) is 1. The third-order valence-corrected chi connectivity index (χ3v) is 7.47. The fourth-order valence-electron chi connectivity index (χ4n) is 4.74. The largest absolute Gasteiger partial charge is 0.461 e. The zero-order valence-corrected chi connectivity index (χ0v) is 20.8. The third kappa shape index (κ3) is 5.08. The van der Waals surface area contributed by atoms with Crippen LogP contribution in [0, 0.1) is 5.82 Å². The van der Waals surface area contributed by atoms with Crippen LogP contribution >= 0.6 is 23.4 Å². The maximum Gasteiger partial charge on any atom is 0.336 e. The average Bonchev–Trinajstić information content (AvgIpc) is 2.81. The summed E-state index contributed by atoms with van der Waals surface area (Å²) in [5.41, 5.74) is 4.00. The first-order chi connectivity index (χ1) is 16.4. The van der Waals surface area contributed by atoms with E-state index < -0.39 is 11.9 Å². The minimum atomic E-state index is -0.608. The van der Waals surface area contributed by atoms with Gasteiger partial charge in [-0.15, -0.1) is 0 Å². The summed E-state index contributed by atoms with van der Waals surface area (Å²) < 4.78 is 19.3. The molecule has 1 aliphatic carbocycles. The van der Waals surface area contributed by atoms with Crippen LogP contribution in [0.2, 0.25) is 5.02 Å². The van der Waals surface area contributed by atoms with Gasteiger partial charge in [-0.2, -0.15) is 11.8 Å². The summed E-state index contributed by atoms with van der Waals surface area (Å²) >= 11 is 8.12. The fourth-order valence-corrected chi connectivity index (χ4v) is 5.52. The molecule has 4 rings (SSSR count). The van der Waals surface area contributed by atoms with E-state index in [1.54, 1.807) is 23.9 Å². The second-order valence-corrected chi connectivity index (χ2v) is 10.2. The summed E-state index contributed by atoms with van der Waals surface area (Å²) in [6.07, 6.45) is 0.881. The molecule has 2 atom stereocenters. The number of dihydropyridines is 1. The number of benzene rings is 2. The number of hydrogen-bond acceptors (Lipinski definition) is 5. The highest BCUT2D eigenvalue weighted by molar-refractivity contribution is 7.99. The normalized spacial score (nSPS) is 20.2. The Labute approximate surface area is 208 Å². The summed E-state index contributed by atoms with van der Waals surface area (Å²) in [5.74, 6) is 0.0981. The molecule has 0 radical (unpaired) electrons. The number of halogens is 2. The number of ketones is 1. The van der Waals surface area contributed by atoms with Crippen LogP contribution in [0.1, 0.15) is 49.7 Å². The zero-order valence-electron chi connectivity index (χ0n) is 19.2. The van der Waals surface area contributed by atoms with E-state index in [9.17, 15) is 14.0 Å². The molecule has 7 heteroatoms. The topological polar surface area (TPSA) is 55.4 Å². The lowest BCUT2D eigenvalue weighted by Crippen LogP contribution is -2.36. The predicted molar refractivity (Wildman–Crippen MR) is 134 cm³/mol. The lowest BCUT2D eigenvalue weighted by atomic mass is 9.71. The van der Waals surface area contributed by atoms with Crippen LogP contribution in [0.3, 0.4) is 0 Å². The van der Waals surface area contributed by atoms with Crippen molar-refractivity contribution in [2.45, 2.75) is 38.5 Å². The summed E-state index contributed by atoms with van der Waals surface area (Å²) in [6, 6.07) is 13.5. The quantitative estimate of drug-likeness (QED) is 0.366. The van der Waals surface area contributed by atoms with Crippen molar-refractivity contribution in [3.63, 3.8) is 0 Å². The zero-order chi connectivity index (χ0) is 24.2. The van der Waals surface area contributed by atoms with Gasteiger partial charge < -0.3 is 10.1 Å². The van der Waals surface area contributed by atoms with Crippen molar-refractivity contribution in [3.05, 3.63) is 93.0 Å². The molecule has 1 N–H and O–H groups in total. The standard InChI is InChI=1S/C27H27ClFNO3S/c1-3-34-13-12-33-27(32)24-16(2)30-22-14-18(20-6-4-5-7-21(20)28)15-23(31)26(22)25(24)17-8-10-19(29)11-9-17/h4-11,18,25,30H,3,12-15H2,1-2H3. The molecule has 2 aromatic carbocycles. The van der Waals surface area contributed by atoms with Gasteiger partial charge in [0.2, 0.25) is 0 Å². The number of nitrogens with one attached hydrogen (secondary N) is 1. The molecule has 2 aromatic rings. The second kappa shape index (κ2) is 10.8. The van der Waals surface area contributed by atoms with Gasteiger partial charge in [0.25, 0.3) is 0 Å². The van der Waals surface area contributed by atoms with Gasteiger partial charge in [0.1, 0.15) is 12.4 Å². The number of esters is 1. The van der Waals surface area contributed by atoms with Crippen LogP contribution in [0.25, 0.3) is 0 Å². The second-order valence-electron chi connectivity index (χ2n) is 8.42. The van der Waals surface area contributed by atoms with Crippen LogP contribution in [0.15, 0.2) is 71.1 Å². The summed E-state index contributed by atoms with van der Waals surface area (Å²) in [7, 11) is 0. The molecule has 2 unspecified atom stereocenters. The first kappa shape index (κ1) is 24.6. The predicted octanol–water partition coefficient (Wildman–Crippen LogP) is 6.14. The highest BCUT2D eigenvalue weighted by Gasteiger charge is 2.41. The van der Waals surface area contributed by atoms with E-state index in [-0.39, 0.29) is 23.9 Å². The first-order valence-corrected chi connectivity index (χ1v) is 12.9. The minimum Gasteiger partial charge on any atom is -0.461 e. The molecule has 0 aromatic heterocycles. The van der Waals surface area contributed by atoms with Crippen molar-refractivity contribution in [2.75, 3.05) is 18.1 Å². The molecule has 4 nitrogen and oxygen atoms in total. The van der Waals surface area contributed by atoms with E-state index in [1.165, 1.54) is 12.1 Å². The monoisotopic (exact) mass is 499 g/mol. The highest BCUT2D eigenvalue weighted by Crippen LogP contribution is 2.46. The van der Waals surface area contributed by atoms with Crippen molar-refractivity contribution >= 4 is 35.1 Å². The molecule has 178 valence electrons. The van der Waals surface area contributed by atoms with E-state index >= 15 is 0 Å². The van der Waals surface area contributed by atoms with Gasteiger partial charge in [-0.25, -0.2) is 9.18 Å². The van der Waals surface area contributed by atoms with Crippen LogP contribution in [-0.2, 0) is 14.3 Å². The lowest BCUT2D eigenvalue weighted by Gasteiger charge is -2.37. The molecule has 1 heterocycles. The van der Waals surface area contributed by atoms with Crippen LogP contribution in [-0.4, -0.2) is 29.9 Å². The Morgan fingerprint density at radius 3 is 2.62 bits per heavy atom. The van der Waals surface area contributed by atoms with Crippen molar-refractivity contribution in [3.8, 4) is 0 Å². The number of ether oxygens (including phenoxy) is 1. The molecule has 34 heavy (non-hydrogen) atoms. The summed E-state index contributed by atoms with van der Waals surface area (Å²) in [6.45, 7) is 4.16. The van der Waals surface area contributed by atoms with Gasteiger partial charge in [0.05, 0.1) is 5.57 Å². The Morgan fingerprint density at radius 2 is 1.91 bits per heavy atom. The van der Waals surface area contributed by atoms with Crippen LogP contribution in [0.5, 0.6) is 0 Å². The maximum atomic E-state index is 13.7. The SMILES string of the molecule is CCSCCOC(=O)C1=C(C)NC2=C(C(=O)CC(c3ccccc3Cl)C2)C1c1ccc(F)cc1. The van der Waals surface area contributed by atoms with Gasteiger partial charge in [0.15, 0.2) is 5.78 Å². The molecule has 0 fully saturated rings. The number of carbonyl (C=O) groups excluding carboxylic acids is 2. The van der Waals surface area contributed by atoms with Gasteiger partial charge in [0, 0.05) is 40.1 Å². The molecule has 1 aliphatic heterocycles. The van der Waals surface area contributed by atoms with Crippen LogP contribution in [0.4, 0.5) is 4.39 Å². The van der Waals surface area contributed by atoms with E-state index in [0.29, 0.717) is 46.2 Å². The van der Waals surface area contributed by atoms with Crippen molar-refractivity contribution < 1.29 is 18.7 Å². The molecule has 0 bridgehead atoms. The Balaban J connectivity index is 1.72. The Kier molecular flexibility index (Phi) is 7.79. The number of Topliss-reactive ketones (excluding diaryl/α,β-unsaturated/α-hetero) is 1. The van der Waals surface area contributed by atoms with Gasteiger partial charge in [-0.05, 0) is 54.3 Å². The molecular weight excluding hydrogens is 473 g/mol. The van der Waals surface area contributed by atoms with E-state index in [1.807, 2.05) is 38.1 Å². The molecule has 0 spiro atoms. The molecule has 0 saturated heterocycles. The molecule has 0 saturated carbocycles. The number of carbonyl (C=O) groups is 2. The number of allylic oxidation sites excluding steroid dienone is 3. The van der Waals surface area contributed by atoms with Gasteiger partial charge >= 0.3 is 5.97 Å². The fraction of sp³-hybridized carbons (Fsp3) is 0.333.